The van der Waals surface area contributed by atoms with Crippen molar-refractivity contribution in [3.05, 3.63) is 77.6 Å². The fourth-order valence-corrected chi connectivity index (χ4v) is 4.79. The average molecular weight is 463 g/mol. The van der Waals surface area contributed by atoms with E-state index in [0.29, 0.717) is 24.1 Å². The molecule has 1 fully saturated rings. The molecule has 178 valence electrons. The van der Waals surface area contributed by atoms with E-state index in [9.17, 15) is 19.5 Å². The number of esters is 1. The largest absolute Gasteiger partial charge is 0.508 e. The van der Waals surface area contributed by atoms with Crippen LogP contribution in [0.1, 0.15) is 58.4 Å². The Morgan fingerprint density at radius 3 is 2.24 bits per heavy atom. The van der Waals surface area contributed by atoms with Gasteiger partial charge in [-0.2, -0.15) is 0 Å². The highest BCUT2D eigenvalue weighted by atomic mass is 16.5. The van der Waals surface area contributed by atoms with Crippen LogP contribution < -0.4 is 0 Å². The van der Waals surface area contributed by atoms with Crippen LogP contribution in [0.2, 0.25) is 0 Å². The van der Waals surface area contributed by atoms with E-state index in [0.717, 1.165) is 37.7 Å². The maximum absolute atomic E-state index is 13.6. The fourth-order valence-electron chi connectivity index (χ4n) is 4.79. The number of benzene rings is 2. The number of phenolic OH excluding ortho intramolecular Hbond substituents is 1. The van der Waals surface area contributed by atoms with Crippen molar-refractivity contribution in [3.63, 3.8) is 0 Å². The van der Waals surface area contributed by atoms with Gasteiger partial charge in [0.15, 0.2) is 0 Å². The summed E-state index contributed by atoms with van der Waals surface area (Å²) in [6, 6.07) is 12.8. The number of aromatic hydroxyl groups is 1. The number of methoxy groups -OCH3 is 1. The lowest BCUT2D eigenvalue weighted by atomic mass is 9.82. The molecule has 1 unspecified atom stereocenters. The van der Waals surface area contributed by atoms with Crippen molar-refractivity contribution in [1.29, 1.82) is 0 Å². The minimum Gasteiger partial charge on any atom is -0.508 e. The van der Waals surface area contributed by atoms with E-state index in [1.165, 1.54) is 7.11 Å². The number of ether oxygens (including phenoxy) is 1. The molecule has 0 bridgehead atoms. The van der Waals surface area contributed by atoms with Crippen LogP contribution in [0.4, 0.5) is 0 Å². The summed E-state index contributed by atoms with van der Waals surface area (Å²) >= 11 is 0. The molecule has 2 amide bonds. The van der Waals surface area contributed by atoms with Crippen molar-refractivity contribution >= 4 is 17.8 Å². The van der Waals surface area contributed by atoms with E-state index < -0.39 is 12.0 Å². The lowest BCUT2D eigenvalue weighted by Gasteiger charge is -2.41. The first-order chi connectivity index (χ1) is 16.5. The van der Waals surface area contributed by atoms with Gasteiger partial charge in [0.1, 0.15) is 11.8 Å². The highest BCUT2D eigenvalue weighted by Gasteiger charge is 2.40. The molecule has 1 heterocycles. The van der Waals surface area contributed by atoms with Crippen molar-refractivity contribution in [1.82, 2.24) is 9.80 Å². The molecule has 1 saturated carbocycles. The lowest BCUT2D eigenvalue weighted by molar-refractivity contribution is -0.136. The molecule has 7 nitrogen and oxygen atoms in total. The summed E-state index contributed by atoms with van der Waals surface area (Å²) in [7, 11) is 1.31. The molecule has 2 aliphatic rings. The number of rotatable bonds is 6. The molecule has 2 aromatic carbocycles. The number of phenols is 1. The molecule has 0 saturated heterocycles. The fraction of sp³-hybridized carbons (Fsp3) is 0.370. The summed E-state index contributed by atoms with van der Waals surface area (Å²) in [5.41, 5.74) is 1.81. The van der Waals surface area contributed by atoms with Crippen molar-refractivity contribution in [2.45, 2.75) is 44.6 Å². The van der Waals surface area contributed by atoms with E-state index in [-0.39, 0.29) is 23.5 Å². The molecular formula is C27H30N2O5. The van der Waals surface area contributed by atoms with Crippen LogP contribution in [0, 0.1) is 5.92 Å². The Morgan fingerprint density at radius 2 is 1.59 bits per heavy atom. The molecule has 0 radical (unpaired) electrons. The SMILES string of the molecule is COC(=O)c1ccc(C(=O)N2C=CN(CCc3ccc(O)cc3)C(=O)C2C2CCCCC2)cc1. The van der Waals surface area contributed by atoms with Gasteiger partial charge in [0.25, 0.3) is 5.91 Å². The second-order valence-corrected chi connectivity index (χ2v) is 8.87. The molecule has 7 heteroatoms. The maximum atomic E-state index is 13.6. The molecule has 1 aliphatic carbocycles. The zero-order valence-corrected chi connectivity index (χ0v) is 19.4. The molecule has 34 heavy (non-hydrogen) atoms. The highest BCUT2D eigenvalue weighted by molar-refractivity contribution is 6.00. The predicted molar refractivity (Wildman–Crippen MR) is 127 cm³/mol. The summed E-state index contributed by atoms with van der Waals surface area (Å²) in [4.78, 5) is 42.0. The summed E-state index contributed by atoms with van der Waals surface area (Å²) in [5, 5.41) is 9.49. The number of nitrogens with zero attached hydrogens (tertiary/aromatic N) is 2. The Balaban J connectivity index is 1.55. The smallest absolute Gasteiger partial charge is 0.337 e. The van der Waals surface area contributed by atoms with Crippen LogP contribution in [-0.4, -0.2) is 52.4 Å². The first-order valence-electron chi connectivity index (χ1n) is 11.8. The summed E-state index contributed by atoms with van der Waals surface area (Å²) in [6.45, 7) is 0.499. The summed E-state index contributed by atoms with van der Waals surface area (Å²) < 4.78 is 4.73. The van der Waals surface area contributed by atoms with Crippen LogP contribution in [0.5, 0.6) is 5.75 Å². The van der Waals surface area contributed by atoms with Gasteiger partial charge in [0.2, 0.25) is 5.91 Å². The van der Waals surface area contributed by atoms with Gasteiger partial charge in [0.05, 0.1) is 12.7 Å². The van der Waals surface area contributed by atoms with Gasteiger partial charge in [-0.05, 0) is 67.1 Å². The third-order valence-electron chi connectivity index (χ3n) is 6.70. The van der Waals surface area contributed by atoms with Crippen molar-refractivity contribution in [2.24, 2.45) is 5.92 Å². The first-order valence-corrected chi connectivity index (χ1v) is 11.8. The minimum absolute atomic E-state index is 0.0623. The van der Waals surface area contributed by atoms with Crippen LogP contribution in [-0.2, 0) is 16.0 Å². The summed E-state index contributed by atoms with van der Waals surface area (Å²) in [5.74, 6) is -0.455. The maximum Gasteiger partial charge on any atom is 0.337 e. The minimum atomic E-state index is -0.544. The molecule has 2 aromatic rings. The number of carbonyl (C=O) groups is 3. The Hall–Kier alpha value is -3.61. The van der Waals surface area contributed by atoms with Gasteiger partial charge in [-0.15, -0.1) is 0 Å². The van der Waals surface area contributed by atoms with Crippen molar-refractivity contribution in [2.75, 3.05) is 13.7 Å². The molecule has 0 aromatic heterocycles. The van der Waals surface area contributed by atoms with Gasteiger partial charge < -0.3 is 19.6 Å². The molecule has 1 aliphatic heterocycles. The molecular weight excluding hydrogens is 432 g/mol. The Morgan fingerprint density at radius 1 is 0.941 bits per heavy atom. The van der Waals surface area contributed by atoms with Crippen LogP contribution in [0.15, 0.2) is 60.9 Å². The normalized spacial score (nSPS) is 18.7. The predicted octanol–water partition coefficient (Wildman–Crippen LogP) is 4.13. The Kier molecular flexibility index (Phi) is 7.30. The lowest BCUT2D eigenvalue weighted by Crippen LogP contribution is -2.54. The van der Waals surface area contributed by atoms with Crippen molar-refractivity contribution < 1.29 is 24.2 Å². The van der Waals surface area contributed by atoms with Gasteiger partial charge in [-0.25, -0.2) is 4.79 Å². The third kappa shape index (κ3) is 5.14. The third-order valence-corrected chi connectivity index (χ3v) is 6.70. The number of amides is 2. The highest BCUT2D eigenvalue weighted by Crippen LogP contribution is 2.33. The second-order valence-electron chi connectivity index (χ2n) is 8.87. The number of carbonyl (C=O) groups excluding carboxylic acids is 3. The van der Waals surface area contributed by atoms with Crippen molar-refractivity contribution in [3.8, 4) is 5.75 Å². The Bertz CT molecular complexity index is 1060. The van der Waals surface area contributed by atoms with Crippen LogP contribution in [0.3, 0.4) is 0 Å². The van der Waals surface area contributed by atoms with E-state index in [1.54, 1.807) is 58.6 Å². The second kappa shape index (κ2) is 10.5. The number of hydrogen-bond donors (Lipinski definition) is 1. The average Bonchev–Trinajstić information content (AvgIpc) is 2.88. The van der Waals surface area contributed by atoms with Crippen LogP contribution >= 0.6 is 0 Å². The molecule has 1 atom stereocenters. The van der Waals surface area contributed by atoms with E-state index in [4.69, 9.17) is 4.74 Å². The molecule has 1 N–H and O–H groups in total. The van der Waals surface area contributed by atoms with Gasteiger partial charge in [0, 0.05) is 24.5 Å². The van der Waals surface area contributed by atoms with E-state index >= 15 is 0 Å². The van der Waals surface area contributed by atoms with E-state index in [2.05, 4.69) is 0 Å². The van der Waals surface area contributed by atoms with E-state index in [1.807, 2.05) is 12.1 Å². The summed E-state index contributed by atoms with van der Waals surface area (Å²) in [6.07, 6.45) is 9.15. The van der Waals surface area contributed by atoms with Gasteiger partial charge in [-0.3, -0.25) is 9.59 Å². The molecule has 0 spiro atoms. The number of hydrogen-bond acceptors (Lipinski definition) is 5. The Labute approximate surface area is 199 Å². The topological polar surface area (TPSA) is 87.2 Å². The first kappa shape index (κ1) is 23.5. The monoisotopic (exact) mass is 462 g/mol. The van der Waals surface area contributed by atoms with Gasteiger partial charge >= 0.3 is 5.97 Å². The molecule has 4 rings (SSSR count). The zero-order valence-electron chi connectivity index (χ0n) is 19.4. The zero-order chi connectivity index (χ0) is 24.1. The standard InChI is InChI=1S/C27H30N2O5/c1-34-27(33)22-11-9-21(10-12-22)25(31)29-18-17-28(16-15-19-7-13-23(30)14-8-19)26(32)24(29)20-5-3-2-4-6-20/h7-14,17-18,20,24,30H,2-6,15-16H2,1H3. The van der Waals surface area contributed by atoms with Gasteiger partial charge in [-0.1, -0.05) is 31.4 Å². The quantitative estimate of drug-likeness (QED) is 0.653. The van der Waals surface area contributed by atoms with Crippen LogP contribution in [0.25, 0.3) is 0 Å².